The maximum atomic E-state index is 13.5. The second-order valence-electron chi connectivity index (χ2n) is 4.71. The van der Waals surface area contributed by atoms with E-state index in [1.807, 2.05) is 6.07 Å². The van der Waals surface area contributed by atoms with Gasteiger partial charge in [0.1, 0.15) is 5.82 Å². The summed E-state index contributed by atoms with van der Waals surface area (Å²) < 4.78 is 14.0. The van der Waals surface area contributed by atoms with Crippen molar-refractivity contribution in [3.05, 3.63) is 34.1 Å². The van der Waals surface area contributed by atoms with Crippen molar-refractivity contribution < 1.29 is 4.39 Å². The molecule has 0 aliphatic heterocycles. The monoisotopic (exact) mass is 310 g/mol. The van der Waals surface area contributed by atoms with Gasteiger partial charge in [-0.25, -0.2) is 4.39 Å². The van der Waals surface area contributed by atoms with Crippen molar-refractivity contribution >= 4 is 15.9 Å². The molecule has 2 nitrogen and oxygen atoms in total. The van der Waals surface area contributed by atoms with Gasteiger partial charge in [0.05, 0.1) is 17.1 Å². The lowest BCUT2D eigenvalue weighted by molar-refractivity contribution is 0.213. The lowest BCUT2D eigenvalue weighted by atomic mass is 10.1. The summed E-state index contributed by atoms with van der Waals surface area (Å²) >= 11 is 3.28. The van der Waals surface area contributed by atoms with Gasteiger partial charge in [-0.3, -0.25) is 4.90 Å². The first-order chi connectivity index (χ1) is 8.72. The summed E-state index contributed by atoms with van der Waals surface area (Å²) in [6, 6.07) is 7.76. The molecule has 0 N–H and O–H groups in total. The molecule has 1 aromatic carbocycles. The molecule has 0 bridgehead atoms. The Morgan fingerprint density at radius 1 is 1.39 bits per heavy atom. The molecule has 0 unspecified atom stereocenters. The van der Waals surface area contributed by atoms with Gasteiger partial charge in [0.15, 0.2) is 0 Å². The van der Waals surface area contributed by atoms with Crippen LogP contribution in [0, 0.1) is 17.1 Å². The normalized spacial score (nSPS) is 16.1. The number of nitriles is 1. The third kappa shape index (κ3) is 3.09. The van der Waals surface area contributed by atoms with Gasteiger partial charge < -0.3 is 0 Å². The summed E-state index contributed by atoms with van der Waals surface area (Å²) in [4.78, 5) is 2.16. The van der Waals surface area contributed by atoms with Crippen molar-refractivity contribution in [1.82, 2.24) is 4.90 Å². The third-order valence-electron chi connectivity index (χ3n) is 3.52. The van der Waals surface area contributed by atoms with Gasteiger partial charge >= 0.3 is 0 Å². The number of hydrogen-bond donors (Lipinski definition) is 0. The van der Waals surface area contributed by atoms with Crippen molar-refractivity contribution in [1.29, 1.82) is 5.26 Å². The molecule has 0 atom stereocenters. The fraction of sp³-hybridized carbons (Fsp3) is 0.500. The summed E-state index contributed by atoms with van der Waals surface area (Å²) in [6.07, 6.45) is 4.76. The zero-order valence-corrected chi connectivity index (χ0v) is 11.8. The highest BCUT2D eigenvalue weighted by Crippen LogP contribution is 2.27. The van der Waals surface area contributed by atoms with E-state index in [4.69, 9.17) is 5.26 Å². The Balaban J connectivity index is 2.13. The molecule has 0 aromatic heterocycles. The maximum absolute atomic E-state index is 13.5. The van der Waals surface area contributed by atoms with Gasteiger partial charge in [-0.1, -0.05) is 25.0 Å². The standard InChI is InChI=1S/C14H16BrFN2/c15-14-11(4-3-7-13(14)16)10-18(9-8-17)12-5-1-2-6-12/h3-4,7,12H,1-2,5-6,9-10H2. The summed E-state index contributed by atoms with van der Waals surface area (Å²) in [7, 11) is 0. The number of hydrogen-bond acceptors (Lipinski definition) is 2. The van der Waals surface area contributed by atoms with E-state index in [0.29, 0.717) is 23.6 Å². The highest BCUT2D eigenvalue weighted by molar-refractivity contribution is 9.10. The van der Waals surface area contributed by atoms with Gasteiger partial charge in [0.2, 0.25) is 0 Å². The van der Waals surface area contributed by atoms with Crippen LogP contribution < -0.4 is 0 Å². The topological polar surface area (TPSA) is 27.0 Å². The van der Waals surface area contributed by atoms with Crippen LogP contribution in [0.15, 0.2) is 22.7 Å². The third-order valence-corrected chi connectivity index (χ3v) is 4.41. The van der Waals surface area contributed by atoms with E-state index in [2.05, 4.69) is 26.9 Å². The van der Waals surface area contributed by atoms with E-state index < -0.39 is 0 Å². The van der Waals surface area contributed by atoms with Gasteiger partial charge in [0, 0.05) is 12.6 Å². The van der Waals surface area contributed by atoms with E-state index in [0.717, 1.165) is 18.4 Å². The van der Waals surface area contributed by atoms with Crippen molar-refractivity contribution in [2.24, 2.45) is 0 Å². The Kier molecular flexibility index (Phi) is 4.73. The molecule has 2 rings (SSSR count). The molecule has 0 saturated heterocycles. The molecular weight excluding hydrogens is 295 g/mol. The molecule has 0 amide bonds. The highest BCUT2D eigenvalue weighted by atomic mass is 79.9. The molecule has 0 heterocycles. The van der Waals surface area contributed by atoms with Crippen LogP contribution in [0.5, 0.6) is 0 Å². The average Bonchev–Trinajstić information content (AvgIpc) is 2.88. The van der Waals surface area contributed by atoms with Crippen LogP contribution in [0.4, 0.5) is 4.39 Å². The lowest BCUT2D eigenvalue weighted by Gasteiger charge is -2.26. The second-order valence-corrected chi connectivity index (χ2v) is 5.51. The molecule has 96 valence electrons. The summed E-state index contributed by atoms with van der Waals surface area (Å²) in [5, 5.41) is 8.92. The van der Waals surface area contributed by atoms with E-state index in [-0.39, 0.29) is 5.82 Å². The van der Waals surface area contributed by atoms with Crippen LogP contribution in [-0.4, -0.2) is 17.5 Å². The minimum Gasteiger partial charge on any atom is -0.283 e. The van der Waals surface area contributed by atoms with Crippen molar-refractivity contribution in [3.8, 4) is 6.07 Å². The smallest absolute Gasteiger partial charge is 0.137 e. The maximum Gasteiger partial charge on any atom is 0.137 e. The van der Waals surface area contributed by atoms with Gasteiger partial charge in [-0.2, -0.15) is 5.26 Å². The number of nitrogens with zero attached hydrogens (tertiary/aromatic N) is 2. The molecule has 1 fully saturated rings. The Bertz CT molecular complexity index is 450. The van der Waals surface area contributed by atoms with Gasteiger partial charge in [-0.15, -0.1) is 0 Å². The predicted octanol–water partition coefficient (Wildman–Crippen LogP) is 3.86. The van der Waals surface area contributed by atoms with Crippen LogP contribution in [0.2, 0.25) is 0 Å². The molecule has 0 radical (unpaired) electrons. The molecule has 0 spiro atoms. The van der Waals surface area contributed by atoms with Gasteiger partial charge in [0.25, 0.3) is 0 Å². The number of halogens is 2. The molecule has 4 heteroatoms. The largest absolute Gasteiger partial charge is 0.283 e. The fourth-order valence-corrected chi connectivity index (χ4v) is 2.95. The van der Waals surface area contributed by atoms with Crippen molar-refractivity contribution in [2.75, 3.05) is 6.54 Å². The Morgan fingerprint density at radius 3 is 2.78 bits per heavy atom. The summed E-state index contributed by atoms with van der Waals surface area (Å²) in [5.41, 5.74) is 0.914. The van der Waals surface area contributed by atoms with Crippen LogP contribution >= 0.6 is 15.9 Å². The quantitative estimate of drug-likeness (QED) is 0.790. The number of benzene rings is 1. The molecule has 1 aromatic rings. The average molecular weight is 311 g/mol. The van der Waals surface area contributed by atoms with Crippen molar-refractivity contribution in [3.63, 3.8) is 0 Å². The summed E-state index contributed by atoms with van der Waals surface area (Å²) in [5.74, 6) is -0.240. The number of rotatable bonds is 4. The van der Waals surface area contributed by atoms with Crippen molar-refractivity contribution in [2.45, 2.75) is 38.3 Å². The second kappa shape index (κ2) is 6.31. The zero-order valence-electron chi connectivity index (χ0n) is 10.2. The van der Waals surface area contributed by atoms with E-state index >= 15 is 0 Å². The minimum atomic E-state index is -0.240. The van der Waals surface area contributed by atoms with Crippen LogP contribution in [0.1, 0.15) is 31.2 Å². The first-order valence-corrected chi connectivity index (χ1v) is 7.05. The first-order valence-electron chi connectivity index (χ1n) is 6.26. The highest BCUT2D eigenvalue weighted by Gasteiger charge is 2.23. The SMILES string of the molecule is N#CCN(Cc1cccc(F)c1Br)C1CCCC1. The predicted molar refractivity (Wildman–Crippen MR) is 72.4 cm³/mol. The lowest BCUT2D eigenvalue weighted by Crippen LogP contribution is -2.33. The van der Waals surface area contributed by atoms with E-state index in [9.17, 15) is 4.39 Å². The van der Waals surface area contributed by atoms with Gasteiger partial charge in [-0.05, 0) is 40.4 Å². The fourth-order valence-electron chi connectivity index (χ4n) is 2.56. The first kappa shape index (κ1) is 13.5. The van der Waals surface area contributed by atoms with E-state index in [1.54, 1.807) is 6.07 Å². The molecule has 1 aliphatic rings. The van der Waals surface area contributed by atoms with Crippen LogP contribution in [0.25, 0.3) is 0 Å². The minimum absolute atomic E-state index is 0.240. The van der Waals surface area contributed by atoms with Crippen LogP contribution in [0.3, 0.4) is 0 Å². The molecule has 1 aliphatic carbocycles. The molecular formula is C14H16BrFN2. The molecule has 1 saturated carbocycles. The Hall–Kier alpha value is -0.920. The zero-order chi connectivity index (χ0) is 13.0. The van der Waals surface area contributed by atoms with Crippen LogP contribution in [-0.2, 0) is 6.54 Å². The Morgan fingerprint density at radius 2 is 2.11 bits per heavy atom. The molecule has 18 heavy (non-hydrogen) atoms. The Labute approximate surface area is 116 Å². The van der Waals surface area contributed by atoms with E-state index in [1.165, 1.54) is 18.9 Å². The summed E-state index contributed by atoms with van der Waals surface area (Å²) in [6.45, 7) is 1.05.